The van der Waals surface area contributed by atoms with Gasteiger partial charge in [0.05, 0.1) is 26.1 Å². The Hall–Kier alpha value is -2.48. The Bertz CT molecular complexity index is 2080. The van der Waals surface area contributed by atoms with E-state index in [1.54, 1.807) is 0 Å². The zero-order chi connectivity index (χ0) is 49.5. The van der Waals surface area contributed by atoms with Gasteiger partial charge in [-0.15, -0.1) is 0 Å². The lowest BCUT2D eigenvalue weighted by atomic mass is 9.87. The van der Waals surface area contributed by atoms with E-state index in [1.165, 1.54) is 71.6 Å². The summed E-state index contributed by atoms with van der Waals surface area (Å²) < 4.78 is 68.0. The van der Waals surface area contributed by atoms with Gasteiger partial charge in [0, 0.05) is 30.7 Å². The van der Waals surface area contributed by atoms with Gasteiger partial charge in [-0.3, -0.25) is 32.5 Å². The SMILES string of the molecule is CCCCCCCCCCCCCC[C@]1(C(=O)SCCNC(=O)CCNC(=O)[C@H](O)C(C)(C)COP(=O)(O)OP(=O)(O)OC[C@H]2O[C@@H](n3cnc4c(N)ncnc43)[C@H](O)[C@@H]2OP(=O)(O)O)CO1. The highest BCUT2D eigenvalue weighted by Gasteiger charge is 2.52. The summed E-state index contributed by atoms with van der Waals surface area (Å²) in [4.78, 5) is 89.1. The average Bonchev–Trinajstić information content (AvgIpc) is 3.83. The van der Waals surface area contributed by atoms with Crippen LogP contribution in [0.4, 0.5) is 5.82 Å². The molecule has 2 unspecified atom stereocenters. The molecule has 0 spiro atoms. The first-order valence-corrected chi connectivity index (χ1v) is 27.7. The molecule has 0 aromatic carbocycles. The fraction of sp³-hybridized carbons (Fsp3) is 0.789. The van der Waals surface area contributed by atoms with Crippen molar-refractivity contribution in [2.24, 2.45) is 5.41 Å². The minimum Gasteiger partial charge on any atom is -0.386 e. The number of hydrogen-bond acceptors (Lipinski definition) is 19. The summed E-state index contributed by atoms with van der Waals surface area (Å²) in [5, 5.41) is 26.6. The summed E-state index contributed by atoms with van der Waals surface area (Å²) in [5.74, 6) is -1.11. The molecule has 4 heterocycles. The Morgan fingerprint density at radius 1 is 0.940 bits per heavy atom. The van der Waals surface area contributed by atoms with Gasteiger partial charge in [0.25, 0.3) is 0 Å². The van der Waals surface area contributed by atoms with E-state index in [-0.39, 0.29) is 41.6 Å². The second-order valence-corrected chi connectivity index (χ2v) is 22.4. The van der Waals surface area contributed by atoms with Crippen LogP contribution in [0.5, 0.6) is 0 Å². The zero-order valence-electron chi connectivity index (χ0n) is 37.9. The van der Waals surface area contributed by atoms with Crippen LogP contribution in [0.25, 0.3) is 11.2 Å². The molecule has 2 saturated heterocycles. The molecular formula is C38H66N7O18P3S. The number of ether oxygens (including phenoxy) is 2. The second-order valence-electron chi connectivity index (χ2n) is 17.1. The minimum atomic E-state index is -5.58. The predicted octanol–water partition coefficient (Wildman–Crippen LogP) is 3.52. The van der Waals surface area contributed by atoms with Crippen LogP contribution in [-0.4, -0.2) is 135 Å². The van der Waals surface area contributed by atoms with E-state index in [9.17, 15) is 57.9 Å². The zero-order valence-corrected chi connectivity index (χ0v) is 41.4. The maximum atomic E-state index is 12.8. The lowest BCUT2D eigenvalue weighted by Crippen LogP contribution is -2.46. The predicted molar refractivity (Wildman–Crippen MR) is 241 cm³/mol. The molecular weight excluding hydrogens is 967 g/mol. The highest BCUT2D eigenvalue weighted by atomic mass is 32.2. The van der Waals surface area contributed by atoms with E-state index in [0.717, 1.165) is 48.2 Å². The first-order chi connectivity index (χ1) is 31.5. The van der Waals surface area contributed by atoms with Crippen molar-refractivity contribution in [3.8, 4) is 0 Å². The monoisotopic (exact) mass is 1030 g/mol. The lowest BCUT2D eigenvalue weighted by Gasteiger charge is -2.30. The van der Waals surface area contributed by atoms with E-state index in [2.05, 4.69) is 41.3 Å². The molecule has 8 atom stereocenters. The number of aliphatic hydroxyl groups excluding tert-OH is 2. The molecule has 0 radical (unpaired) electrons. The Morgan fingerprint density at radius 3 is 2.16 bits per heavy atom. The first kappa shape index (κ1) is 57.1. The van der Waals surface area contributed by atoms with Gasteiger partial charge >= 0.3 is 23.5 Å². The fourth-order valence-electron chi connectivity index (χ4n) is 7.11. The molecule has 2 fully saturated rings. The number of unbranched alkanes of at least 4 members (excludes halogenated alkanes) is 11. The van der Waals surface area contributed by atoms with Crippen molar-refractivity contribution in [2.45, 2.75) is 147 Å². The summed E-state index contributed by atoms with van der Waals surface area (Å²) in [7, 11) is -16.4. The maximum absolute atomic E-state index is 12.8. The number of carbonyl (C=O) groups is 3. The number of phosphoric ester groups is 3. The number of imidazole rings is 1. The smallest absolute Gasteiger partial charge is 0.386 e. The van der Waals surface area contributed by atoms with E-state index in [0.29, 0.717) is 18.8 Å². The molecule has 25 nitrogen and oxygen atoms in total. The van der Waals surface area contributed by atoms with Gasteiger partial charge in [0.1, 0.15) is 36.3 Å². The van der Waals surface area contributed by atoms with Crippen molar-refractivity contribution >= 4 is 69.1 Å². The summed E-state index contributed by atoms with van der Waals surface area (Å²) in [6.45, 7) is 3.13. The van der Waals surface area contributed by atoms with Crippen molar-refractivity contribution in [1.82, 2.24) is 30.2 Å². The number of epoxide rings is 1. The molecule has 0 bridgehead atoms. The number of nitrogens with one attached hydrogen (secondary N) is 2. The third-order valence-electron chi connectivity index (χ3n) is 11.0. The number of nitrogen functional groups attached to an aromatic ring is 1. The molecule has 2 aliphatic heterocycles. The quantitative estimate of drug-likeness (QED) is 0.0280. The number of rotatable bonds is 33. The number of amides is 2. The first-order valence-electron chi connectivity index (χ1n) is 22.2. The molecule has 2 aromatic rings. The number of anilines is 1. The van der Waals surface area contributed by atoms with Crippen LogP contribution < -0.4 is 16.4 Å². The lowest BCUT2D eigenvalue weighted by molar-refractivity contribution is -0.137. The summed E-state index contributed by atoms with van der Waals surface area (Å²) in [5.41, 5.74) is 3.54. The number of nitrogens with two attached hydrogens (primary N) is 1. The number of carbonyl (C=O) groups excluding carboxylic acids is 3. The third kappa shape index (κ3) is 18.7. The molecule has 29 heteroatoms. The molecule has 0 aliphatic carbocycles. The van der Waals surface area contributed by atoms with Gasteiger partial charge in [-0.2, -0.15) is 4.31 Å². The van der Waals surface area contributed by atoms with E-state index < -0.39 is 90.2 Å². The number of thioether (sulfide) groups is 1. The maximum Gasteiger partial charge on any atom is 0.481 e. The van der Waals surface area contributed by atoms with Crippen LogP contribution in [0.1, 0.15) is 117 Å². The van der Waals surface area contributed by atoms with Gasteiger partial charge < -0.3 is 55.6 Å². The van der Waals surface area contributed by atoms with Crippen LogP contribution in [0, 0.1) is 5.41 Å². The number of nitrogens with zero attached hydrogens (tertiary/aromatic N) is 4. The summed E-state index contributed by atoms with van der Waals surface area (Å²) >= 11 is 1.10. The van der Waals surface area contributed by atoms with E-state index in [4.69, 9.17) is 24.3 Å². The van der Waals surface area contributed by atoms with Crippen LogP contribution >= 0.6 is 35.2 Å². The van der Waals surface area contributed by atoms with Crippen LogP contribution in [0.3, 0.4) is 0 Å². The highest BCUT2D eigenvalue weighted by Crippen LogP contribution is 2.61. The second kappa shape index (κ2) is 26.1. The van der Waals surface area contributed by atoms with Crippen LogP contribution in [-0.2, 0) is 55.4 Å². The number of hydrogen-bond donors (Lipinski definition) is 9. The normalized spacial score (nSPS) is 23.1. The Balaban J connectivity index is 1.11. The molecule has 67 heavy (non-hydrogen) atoms. The Labute approximate surface area is 392 Å². The van der Waals surface area contributed by atoms with Crippen molar-refractivity contribution in [2.75, 3.05) is 44.4 Å². The average molecular weight is 1030 g/mol. The van der Waals surface area contributed by atoms with Gasteiger partial charge in [0.15, 0.2) is 23.3 Å². The summed E-state index contributed by atoms with van der Waals surface area (Å²) in [6.07, 6.45) is 8.48. The number of aromatic nitrogens is 4. The molecule has 2 amide bonds. The van der Waals surface area contributed by atoms with Gasteiger partial charge in [-0.05, 0) is 12.8 Å². The molecule has 2 aromatic heterocycles. The van der Waals surface area contributed by atoms with Gasteiger partial charge in [-0.1, -0.05) is 103 Å². The van der Waals surface area contributed by atoms with E-state index in [1.807, 2.05) is 0 Å². The Kier molecular flexibility index (Phi) is 22.3. The standard InChI is InChI=1S/C38H66N7O18P3S/c1-4-5-6-7-8-9-10-11-12-13-14-15-17-38(23-58-38)36(50)67-20-19-40-27(46)16-18-41-34(49)31(48)37(2,3)22-60-66(56,57)63-65(54,55)59-21-26-30(62-64(51,52)53)29(47)35(61-26)45-25-44-28-32(39)42-24-43-33(28)45/h24-26,29-31,35,47-48H,4-23H2,1-3H3,(H,40,46)(H,41,49)(H,54,55)(H,56,57)(H2,39,42,43)(H2,51,52,53)/t26-,29-,30-,31+,35-,38-/m1/s1. The minimum absolute atomic E-state index is 0.0317. The van der Waals surface area contributed by atoms with Crippen LogP contribution in [0.2, 0.25) is 0 Å². The molecule has 10 N–H and O–H groups in total. The highest BCUT2D eigenvalue weighted by molar-refractivity contribution is 8.13. The van der Waals surface area contributed by atoms with Gasteiger partial charge in [-0.25, -0.2) is 28.6 Å². The number of phosphoric acid groups is 3. The molecule has 2 aliphatic rings. The number of aliphatic hydroxyl groups is 2. The fourth-order valence-corrected chi connectivity index (χ4v) is 10.8. The van der Waals surface area contributed by atoms with E-state index >= 15 is 0 Å². The number of fused-ring (bicyclic) bond motifs is 1. The van der Waals surface area contributed by atoms with Crippen LogP contribution in [0.15, 0.2) is 12.7 Å². The van der Waals surface area contributed by atoms with Gasteiger partial charge in [0.2, 0.25) is 16.9 Å². The molecule has 4 rings (SSSR count). The van der Waals surface area contributed by atoms with Crippen molar-refractivity contribution < 1.29 is 85.2 Å². The molecule has 0 saturated carbocycles. The summed E-state index contributed by atoms with van der Waals surface area (Å²) in [6, 6.07) is 0. The Morgan fingerprint density at radius 2 is 1.55 bits per heavy atom. The third-order valence-corrected chi connectivity index (χ3v) is 15.2. The largest absolute Gasteiger partial charge is 0.481 e. The van der Waals surface area contributed by atoms with Crippen molar-refractivity contribution in [3.05, 3.63) is 12.7 Å². The topological polar surface area (TPSA) is 376 Å². The van der Waals surface area contributed by atoms with Crippen molar-refractivity contribution in [1.29, 1.82) is 0 Å². The van der Waals surface area contributed by atoms with Crippen molar-refractivity contribution in [3.63, 3.8) is 0 Å². The molecule has 382 valence electrons.